The lowest BCUT2D eigenvalue weighted by atomic mass is 9.81. The van der Waals surface area contributed by atoms with Crippen LogP contribution in [0.25, 0.3) is 0 Å². The van der Waals surface area contributed by atoms with Gasteiger partial charge < -0.3 is 14.7 Å². The number of para-hydroxylation sites is 1. The fourth-order valence-corrected chi connectivity index (χ4v) is 6.95. The summed E-state index contributed by atoms with van der Waals surface area (Å²) in [5, 5.41) is 8.92. The molecular weight excluding hydrogens is 494 g/mol. The lowest BCUT2D eigenvalue weighted by Crippen LogP contribution is -2.37. The van der Waals surface area contributed by atoms with Crippen molar-refractivity contribution >= 4 is 43.9 Å². The van der Waals surface area contributed by atoms with E-state index in [-0.39, 0.29) is 18.4 Å². The number of halogens is 1. The smallest absolute Gasteiger partial charge is 0.306 e. The maximum atomic E-state index is 11.4. The molecule has 1 atom stereocenters. The van der Waals surface area contributed by atoms with Crippen LogP contribution in [-0.2, 0) is 4.79 Å². The van der Waals surface area contributed by atoms with E-state index < -0.39 is 16.6 Å². The second-order valence-corrected chi connectivity index (χ2v) is 11.3. The Kier molecular flexibility index (Phi) is 8.14. The molecule has 176 valence electrons. The van der Waals surface area contributed by atoms with Gasteiger partial charge in [0, 0.05) is 29.5 Å². The van der Waals surface area contributed by atoms with E-state index in [4.69, 9.17) is 9.84 Å². The van der Waals surface area contributed by atoms with Crippen molar-refractivity contribution in [2.75, 3.05) is 23.8 Å². The Morgan fingerprint density at radius 1 is 1.22 bits per heavy atom. The normalized spacial score (nSPS) is 20.8. The number of rotatable bonds is 9. The number of carboxylic acids is 1. The number of hydrogen-bond donors (Lipinski definition) is 3. The molecule has 0 fully saturated rings. The molecular formula is C24H32BrNO5S. The van der Waals surface area contributed by atoms with Crippen LogP contribution >= 0.6 is 26.5 Å². The van der Waals surface area contributed by atoms with Gasteiger partial charge in [0.15, 0.2) is 0 Å². The molecule has 0 aliphatic carbocycles. The molecule has 2 aromatic carbocycles. The van der Waals surface area contributed by atoms with Crippen LogP contribution in [-0.4, -0.2) is 39.1 Å². The van der Waals surface area contributed by atoms with Crippen molar-refractivity contribution in [2.45, 2.75) is 50.8 Å². The zero-order valence-electron chi connectivity index (χ0n) is 18.6. The van der Waals surface area contributed by atoms with Gasteiger partial charge in [0.1, 0.15) is 5.75 Å². The molecule has 1 aliphatic heterocycles. The summed E-state index contributed by atoms with van der Waals surface area (Å²) >= 11 is 3.54. The van der Waals surface area contributed by atoms with Crippen LogP contribution in [0.2, 0.25) is 0 Å². The van der Waals surface area contributed by atoms with E-state index in [2.05, 4.69) is 34.7 Å². The molecule has 32 heavy (non-hydrogen) atoms. The molecule has 1 heterocycles. The zero-order chi connectivity index (χ0) is 23.4. The molecule has 2 aromatic rings. The molecule has 3 rings (SSSR count). The first-order chi connectivity index (χ1) is 15.2. The maximum Gasteiger partial charge on any atom is 0.306 e. The third kappa shape index (κ3) is 5.60. The SMILES string of the molecule is CCCCC1(CC)CN(c2ccccc2)c2cc(Br)c(OCCC(=O)O)cc2S(O)(O)C1. The molecule has 3 N–H and O–H groups in total. The highest BCUT2D eigenvalue weighted by Crippen LogP contribution is 2.61. The van der Waals surface area contributed by atoms with Crippen molar-refractivity contribution in [3.63, 3.8) is 0 Å². The quantitative estimate of drug-likeness (QED) is 0.322. The first-order valence-electron chi connectivity index (χ1n) is 11.0. The summed E-state index contributed by atoms with van der Waals surface area (Å²) in [6, 6.07) is 13.5. The average molecular weight is 526 g/mol. The van der Waals surface area contributed by atoms with Gasteiger partial charge in [0.05, 0.1) is 28.1 Å². The first kappa shape index (κ1) is 24.9. The molecule has 0 radical (unpaired) electrons. The van der Waals surface area contributed by atoms with E-state index in [9.17, 15) is 13.9 Å². The number of nitrogens with zero attached hydrogens (tertiary/aromatic N) is 1. The Labute approximate surface area is 200 Å². The molecule has 1 unspecified atom stereocenters. The Bertz CT molecular complexity index is 939. The lowest BCUT2D eigenvalue weighted by molar-refractivity contribution is -0.137. The van der Waals surface area contributed by atoms with Crippen LogP contribution in [0.1, 0.15) is 46.0 Å². The van der Waals surface area contributed by atoms with Gasteiger partial charge in [-0.3, -0.25) is 13.9 Å². The third-order valence-electron chi connectivity index (χ3n) is 6.11. The Balaban J connectivity index is 2.12. The molecule has 0 aromatic heterocycles. The number of carboxylic acid groups (broad SMARTS) is 1. The highest BCUT2D eigenvalue weighted by molar-refractivity contribution is 9.10. The van der Waals surface area contributed by atoms with Gasteiger partial charge in [-0.15, -0.1) is 0 Å². The van der Waals surface area contributed by atoms with E-state index in [1.807, 2.05) is 36.4 Å². The highest BCUT2D eigenvalue weighted by Gasteiger charge is 2.42. The Morgan fingerprint density at radius 3 is 2.56 bits per heavy atom. The predicted octanol–water partition coefficient (Wildman–Crippen LogP) is 7.15. The fraction of sp³-hybridized carbons (Fsp3) is 0.458. The summed E-state index contributed by atoms with van der Waals surface area (Å²) in [6.07, 6.45) is 3.69. The molecule has 8 heteroatoms. The van der Waals surface area contributed by atoms with Gasteiger partial charge in [0.2, 0.25) is 0 Å². The molecule has 0 bridgehead atoms. The van der Waals surface area contributed by atoms with Crippen LogP contribution in [0.3, 0.4) is 0 Å². The monoisotopic (exact) mass is 525 g/mol. The van der Waals surface area contributed by atoms with E-state index in [0.717, 1.165) is 37.1 Å². The van der Waals surface area contributed by atoms with Gasteiger partial charge in [-0.2, -0.15) is 10.6 Å². The minimum Gasteiger partial charge on any atom is -0.492 e. The number of hydrogen-bond acceptors (Lipinski definition) is 5. The molecule has 1 aliphatic rings. The molecule has 0 spiro atoms. The molecule has 0 saturated heterocycles. The summed E-state index contributed by atoms with van der Waals surface area (Å²) in [6.45, 7) is 4.96. The van der Waals surface area contributed by atoms with Crippen molar-refractivity contribution < 1.29 is 23.7 Å². The van der Waals surface area contributed by atoms with E-state index in [1.165, 1.54) is 0 Å². The maximum absolute atomic E-state index is 11.4. The lowest BCUT2D eigenvalue weighted by Gasteiger charge is -2.41. The molecule has 0 amide bonds. The summed E-state index contributed by atoms with van der Waals surface area (Å²) in [7, 11) is -3.11. The second-order valence-electron chi connectivity index (χ2n) is 8.43. The minimum absolute atomic E-state index is 0.00368. The predicted molar refractivity (Wildman–Crippen MR) is 134 cm³/mol. The van der Waals surface area contributed by atoms with E-state index in [1.54, 1.807) is 6.07 Å². The van der Waals surface area contributed by atoms with Crippen molar-refractivity contribution in [1.29, 1.82) is 0 Å². The van der Waals surface area contributed by atoms with Crippen molar-refractivity contribution in [3.05, 3.63) is 46.9 Å². The van der Waals surface area contributed by atoms with Crippen LogP contribution in [0.5, 0.6) is 5.75 Å². The van der Waals surface area contributed by atoms with Crippen LogP contribution in [0, 0.1) is 5.41 Å². The van der Waals surface area contributed by atoms with E-state index in [0.29, 0.717) is 27.4 Å². The molecule has 0 saturated carbocycles. The number of unbranched alkanes of at least 4 members (excludes halogenated alkanes) is 1. The van der Waals surface area contributed by atoms with Gasteiger partial charge in [0.25, 0.3) is 0 Å². The van der Waals surface area contributed by atoms with Crippen molar-refractivity contribution in [3.8, 4) is 5.75 Å². The average Bonchev–Trinajstić information content (AvgIpc) is 2.85. The standard InChI is InChI=1S/C24H32BrNO5S/c1-3-5-12-24(4-2)16-26(18-9-7-6-8-10-18)20-14-19(25)21(31-13-11-23(27)28)15-22(20)32(29,30)17-24/h6-10,14-15,29-30H,3-5,11-13,16-17H2,1-2H3,(H,27,28). The van der Waals surface area contributed by atoms with Gasteiger partial charge in [-0.1, -0.05) is 44.9 Å². The van der Waals surface area contributed by atoms with Crippen LogP contribution < -0.4 is 9.64 Å². The molecule has 6 nitrogen and oxygen atoms in total. The van der Waals surface area contributed by atoms with Gasteiger partial charge >= 0.3 is 5.97 Å². The summed E-state index contributed by atoms with van der Waals surface area (Å²) in [5.41, 5.74) is 1.48. The number of fused-ring (bicyclic) bond motifs is 1. The summed E-state index contributed by atoms with van der Waals surface area (Å²) in [4.78, 5) is 13.5. The number of anilines is 2. The van der Waals surface area contributed by atoms with Crippen molar-refractivity contribution in [2.24, 2.45) is 5.41 Å². The number of aliphatic carboxylic acids is 1. The topological polar surface area (TPSA) is 90.2 Å². The summed E-state index contributed by atoms with van der Waals surface area (Å²) in [5.74, 6) is -0.238. The minimum atomic E-state index is -3.11. The highest BCUT2D eigenvalue weighted by atomic mass is 79.9. The number of carbonyl (C=O) groups is 1. The zero-order valence-corrected chi connectivity index (χ0v) is 21.0. The van der Waals surface area contributed by atoms with E-state index >= 15 is 0 Å². The largest absolute Gasteiger partial charge is 0.492 e. The number of ether oxygens (including phenoxy) is 1. The summed E-state index contributed by atoms with van der Waals surface area (Å²) < 4.78 is 29.2. The Hall–Kier alpha value is -1.74. The third-order valence-corrected chi connectivity index (χ3v) is 8.78. The fourth-order valence-electron chi connectivity index (χ4n) is 4.26. The van der Waals surface area contributed by atoms with Crippen molar-refractivity contribution in [1.82, 2.24) is 0 Å². The van der Waals surface area contributed by atoms with Crippen LogP contribution in [0.4, 0.5) is 11.4 Å². The van der Waals surface area contributed by atoms with Gasteiger partial charge in [-0.05, 0) is 47.0 Å². The van der Waals surface area contributed by atoms with Crippen LogP contribution in [0.15, 0.2) is 51.8 Å². The second kappa shape index (κ2) is 10.5. The van der Waals surface area contributed by atoms with Gasteiger partial charge in [-0.25, -0.2) is 0 Å². The number of benzene rings is 2. The first-order valence-corrected chi connectivity index (χ1v) is 13.5. The Morgan fingerprint density at radius 2 is 1.94 bits per heavy atom.